The molecule has 1 aromatic rings. The van der Waals surface area contributed by atoms with Crippen molar-refractivity contribution >= 4 is 11.9 Å². The topological polar surface area (TPSA) is 66.8 Å². The number of hydrogen-bond donors (Lipinski definition) is 1. The second-order valence-electron chi connectivity index (χ2n) is 3.92. The van der Waals surface area contributed by atoms with Gasteiger partial charge in [-0.1, -0.05) is 6.07 Å². The Morgan fingerprint density at radius 1 is 1.39 bits per heavy atom. The van der Waals surface area contributed by atoms with Gasteiger partial charge in [0.2, 0.25) is 0 Å². The maximum atomic E-state index is 12.1. The molecule has 0 fully saturated rings. The van der Waals surface area contributed by atoms with Crippen molar-refractivity contribution in [2.75, 3.05) is 20.2 Å². The molecule has 5 heteroatoms. The Morgan fingerprint density at radius 2 is 2.06 bits per heavy atom. The van der Waals surface area contributed by atoms with Crippen LogP contribution in [0.1, 0.15) is 22.8 Å². The number of esters is 1. The van der Waals surface area contributed by atoms with Crippen molar-refractivity contribution in [3.63, 3.8) is 0 Å². The number of hydrogen-bond acceptors (Lipinski definition) is 4. The lowest BCUT2D eigenvalue weighted by molar-refractivity contribution is -0.143. The van der Waals surface area contributed by atoms with Crippen molar-refractivity contribution in [2.24, 2.45) is 0 Å². The molecular formula is C13H17NO4. The lowest BCUT2D eigenvalue weighted by Gasteiger charge is -2.17. The zero-order chi connectivity index (χ0) is 13.7. The zero-order valence-corrected chi connectivity index (χ0v) is 10.8. The molecule has 1 rings (SSSR count). The van der Waals surface area contributed by atoms with Gasteiger partial charge in [-0.15, -0.1) is 0 Å². The van der Waals surface area contributed by atoms with Gasteiger partial charge in [0.25, 0.3) is 5.91 Å². The first-order valence-corrected chi connectivity index (χ1v) is 5.67. The fraction of sp³-hybridized carbons (Fsp3) is 0.385. The van der Waals surface area contributed by atoms with Crippen molar-refractivity contribution in [3.05, 3.63) is 29.3 Å². The van der Waals surface area contributed by atoms with Gasteiger partial charge in [0.05, 0.1) is 6.61 Å². The van der Waals surface area contributed by atoms with E-state index in [1.54, 1.807) is 26.0 Å². The first-order chi connectivity index (χ1) is 8.47. The summed E-state index contributed by atoms with van der Waals surface area (Å²) in [5, 5.41) is 9.53. The Kier molecular flexibility index (Phi) is 4.71. The molecule has 0 saturated carbocycles. The third kappa shape index (κ3) is 3.23. The highest BCUT2D eigenvalue weighted by Crippen LogP contribution is 2.20. The van der Waals surface area contributed by atoms with Gasteiger partial charge in [-0.3, -0.25) is 9.59 Å². The summed E-state index contributed by atoms with van der Waals surface area (Å²) in [5.74, 6) is -0.715. The molecule has 1 aromatic carbocycles. The second kappa shape index (κ2) is 6.05. The van der Waals surface area contributed by atoms with E-state index in [2.05, 4.69) is 0 Å². The lowest BCUT2D eigenvalue weighted by atomic mass is 10.1. The van der Waals surface area contributed by atoms with Crippen LogP contribution in [0.5, 0.6) is 5.75 Å². The molecule has 0 aromatic heterocycles. The highest BCUT2D eigenvalue weighted by molar-refractivity contribution is 5.97. The van der Waals surface area contributed by atoms with E-state index in [9.17, 15) is 14.7 Å². The maximum Gasteiger partial charge on any atom is 0.325 e. The van der Waals surface area contributed by atoms with Gasteiger partial charge in [0.15, 0.2) is 0 Å². The summed E-state index contributed by atoms with van der Waals surface area (Å²) in [4.78, 5) is 24.6. The minimum Gasteiger partial charge on any atom is -0.508 e. The average molecular weight is 251 g/mol. The molecule has 0 aliphatic heterocycles. The van der Waals surface area contributed by atoms with Crippen LogP contribution < -0.4 is 0 Å². The molecule has 0 spiro atoms. The third-order valence-corrected chi connectivity index (χ3v) is 2.55. The highest BCUT2D eigenvalue weighted by atomic mass is 16.5. The third-order valence-electron chi connectivity index (χ3n) is 2.55. The number of likely N-dealkylation sites (N-methyl/N-ethyl adjacent to an activating group) is 1. The van der Waals surface area contributed by atoms with Crippen LogP contribution in [-0.4, -0.2) is 42.1 Å². The van der Waals surface area contributed by atoms with E-state index in [-0.39, 0.29) is 24.8 Å². The van der Waals surface area contributed by atoms with Crippen LogP contribution in [0.15, 0.2) is 18.2 Å². The van der Waals surface area contributed by atoms with E-state index in [4.69, 9.17) is 4.74 Å². The lowest BCUT2D eigenvalue weighted by Crippen LogP contribution is -2.33. The zero-order valence-electron chi connectivity index (χ0n) is 10.8. The molecule has 0 bridgehead atoms. The molecule has 1 N–H and O–H groups in total. The van der Waals surface area contributed by atoms with Crippen molar-refractivity contribution in [1.29, 1.82) is 0 Å². The summed E-state index contributed by atoms with van der Waals surface area (Å²) in [5.41, 5.74) is 0.875. The van der Waals surface area contributed by atoms with Crippen LogP contribution in [0.25, 0.3) is 0 Å². The van der Waals surface area contributed by atoms with Gasteiger partial charge in [-0.25, -0.2) is 0 Å². The van der Waals surface area contributed by atoms with E-state index < -0.39 is 5.97 Å². The van der Waals surface area contributed by atoms with E-state index in [0.29, 0.717) is 11.1 Å². The van der Waals surface area contributed by atoms with Crippen molar-refractivity contribution < 1.29 is 19.4 Å². The fourth-order valence-corrected chi connectivity index (χ4v) is 1.53. The molecule has 0 aliphatic rings. The molecule has 0 radical (unpaired) electrons. The van der Waals surface area contributed by atoms with E-state index in [1.807, 2.05) is 0 Å². The number of nitrogens with zero attached hydrogens (tertiary/aromatic N) is 1. The number of phenols is 1. The number of ether oxygens (including phenoxy) is 1. The normalized spacial score (nSPS) is 9.94. The SMILES string of the molecule is CCOC(=O)CN(C)C(=O)c1cccc(O)c1C. The Bertz CT molecular complexity index is 456. The van der Waals surface area contributed by atoms with E-state index in [0.717, 1.165) is 0 Å². The fourth-order valence-electron chi connectivity index (χ4n) is 1.53. The second-order valence-corrected chi connectivity index (χ2v) is 3.92. The van der Waals surface area contributed by atoms with Gasteiger partial charge in [-0.2, -0.15) is 0 Å². The standard InChI is InChI=1S/C13H17NO4/c1-4-18-12(16)8-14(3)13(17)10-6-5-7-11(15)9(10)2/h5-7,15H,4,8H2,1-3H3. The highest BCUT2D eigenvalue weighted by Gasteiger charge is 2.18. The number of carbonyl (C=O) groups is 2. The predicted molar refractivity (Wildman–Crippen MR) is 66.4 cm³/mol. The van der Waals surface area contributed by atoms with Gasteiger partial charge >= 0.3 is 5.97 Å². The molecule has 18 heavy (non-hydrogen) atoms. The first kappa shape index (κ1) is 14.0. The molecule has 0 saturated heterocycles. The van der Waals surface area contributed by atoms with Crippen LogP contribution in [0.4, 0.5) is 0 Å². The largest absolute Gasteiger partial charge is 0.508 e. The van der Waals surface area contributed by atoms with Crippen molar-refractivity contribution in [1.82, 2.24) is 4.90 Å². The molecular weight excluding hydrogens is 234 g/mol. The summed E-state index contributed by atoms with van der Waals surface area (Å²) in [6.07, 6.45) is 0. The molecule has 1 amide bonds. The van der Waals surface area contributed by atoms with E-state index >= 15 is 0 Å². The predicted octanol–water partition coefficient (Wildman–Crippen LogP) is 1.34. The summed E-state index contributed by atoms with van der Waals surface area (Å²) >= 11 is 0. The van der Waals surface area contributed by atoms with Crippen LogP contribution in [0, 0.1) is 6.92 Å². The number of phenolic OH excluding ortho intramolecular Hbond substituents is 1. The van der Waals surface area contributed by atoms with Gasteiger partial charge in [0, 0.05) is 18.2 Å². The first-order valence-electron chi connectivity index (χ1n) is 5.67. The minimum atomic E-state index is -0.453. The maximum absolute atomic E-state index is 12.1. The Labute approximate surface area is 106 Å². The van der Waals surface area contributed by atoms with Crippen molar-refractivity contribution in [3.8, 4) is 5.75 Å². The monoisotopic (exact) mass is 251 g/mol. The van der Waals surface area contributed by atoms with Gasteiger partial charge < -0.3 is 14.7 Å². The molecule has 0 aliphatic carbocycles. The van der Waals surface area contributed by atoms with E-state index in [1.165, 1.54) is 18.0 Å². The Balaban J connectivity index is 2.81. The van der Waals surface area contributed by atoms with Crippen LogP contribution in [0.3, 0.4) is 0 Å². The average Bonchev–Trinajstić information content (AvgIpc) is 2.32. The Hall–Kier alpha value is -2.04. The summed E-state index contributed by atoms with van der Waals surface area (Å²) < 4.78 is 4.77. The smallest absolute Gasteiger partial charge is 0.325 e. The number of benzene rings is 1. The number of rotatable bonds is 4. The van der Waals surface area contributed by atoms with Crippen molar-refractivity contribution in [2.45, 2.75) is 13.8 Å². The Morgan fingerprint density at radius 3 is 2.67 bits per heavy atom. The summed E-state index contributed by atoms with van der Waals surface area (Å²) in [6, 6.07) is 4.71. The molecule has 0 atom stereocenters. The molecule has 5 nitrogen and oxygen atoms in total. The quantitative estimate of drug-likeness (QED) is 0.820. The molecule has 0 heterocycles. The number of carbonyl (C=O) groups excluding carboxylic acids is 2. The number of aromatic hydroxyl groups is 1. The number of amides is 1. The summed E-state index contributed by atoms with van der Waals surface area (Å²) in [6.45, 7) is 3.54. The minimum absolute atomic E-state index is 0.0605. The van der Waals surface area contributed by atoms with Crippen LogP contribution in [0.2, 0.25) is 0 Å². The van der Waals surface area contributed by atoms with Gasteiger partial charge in [0.1, 0.15) is 12.3 Å². The van der Waals surface area contributed by atoms with Crippen LogP contribution in [-0.2, 0) is 9.53 Å². The summed E-state index contributed by atoms with van der Waals surface area (Å²) in [7, 11) is 1.52. The van der Waals surface area contributed by atoms with Gasteiger partial charge in [-0.05, 0) is 26.0 Å². The molecule has 0 unspecified atom stereocenters. The van der Waals surface area contributed by atoms with Crippen LogP contribution >= 0.6 is 0 Å². The molecule has 98 valence electrons.